The second-order valence-electron chi connectivity index (χ2n) is 5.02. The van der Waals surface area contributed by atoms with Crippen LogP contribution in [0.5, 0.6) is 5.88 Å². The van der Waals surface area contributed by atoms with Crippen molar-refractivity contribution >= 4 is 11.9 Å². The van der Waals surface area contributed by atoms with E-state index in [1.54, 1.807) is 19.1 Å². The van der Waals surface area contributed by atoms with Gasteiger partial charge in [0, 0.05) is 12.8 Å². The molecule has 1 aromatic carbocycles. The van der Waals surface area contributed by atoms with Crippen molar-refractivity contribution in [2.75, 3.05) is 0 Å². The quantitative estimate of drug-likeness (QED) is 0.881. The van der Waals surface area contributed by atoms with E-state index in [1.165, 1.54) is 18.3 Å². The molecule has 2 aromatic rings. The van der Waals surface area contributed by atoms with E-state index in [0.29, 0.717) is 12.0 Å². The molecule has 1 heterocycles. The van der Waals surface area contributed by atoms with E-state index in [0.717, 1.165) is 4.57 Å². The van der Waals surface area contributed by atoms with Gasteiger partial charge in [0.05, 0.1) is 11.3 Å². The first kappa shape index (κ1) is 16.4. The molecule has 5 nitrogen and oxygen atoms in total. The molecule has 0 amide bonds. The number of benzene rings is 1. The maximum Gasteiger partial charge on any atom is 0.271 e. The largest absolute Gasteiger partial charge is 0.494 e. The molecule has 0 spiro atoms. The van der Waals surface area contributed by atoms with Crippen LogP contribution in [-0.4, -0.2) is 15.9 Å². The molecule has 23 heavy (non-hydrogen) atoms. The number of nitriles is 1. The van der Waals surface area contributed by atoms with Crippen molar-refractivity contribution in [2.45, 2.75) is 26.8 Å². The number of aromatic hydroxyl groups is 1. The Balaban J connectivity index is 2.63. The standard InChI is InChI=1S/C17H16FN3O2/c1-3-8-21-16(22)12(9-19)11(2)13(17(21)23)10-20-15-7-5-4-6-14(15)18/h4-7,10,23H,3,8H2,1-2H3. The Morgan fingerprint density at radius 3 is 2.74 bits per heavy atom. The average Bonchev–Trinajstić information content (AvgIpc) is 2.53. The Hall–Kier alpha value is -2.94. The monoisotopic (exact) mass is 313 g/mol. The summed E-state index contributed by atoms with van der Waals surface area (Å²) < 4.78 is 14.8. The summed E-state index contributed by atoms with van der Waals surface area (Å²) >= 11 is 0. The Labute approximate surface area is 133 Å². The highest BCUT2D eigenvalue weighted by Gasteiger charge is 2.17. The predicted molar refractivity (Wildman–Crippen MR) is 85.8 cm³/mol. The molecule has 118 valence electrons. The molecule has 0 saturated heterocycles. The van der Waals surface area contributed by atoms with Gasteiger partial charge in [-0.3, -0.25) is 14.4 Å². The summed E-state index contributed by atoms with van der Waals surface area (Å²) in [5, 5.41) is 19.5. The van der Waals surface area contributed by atoms with Gasteiger partial charge in [-0.1, -0.05) is 19.1 Å². The van der Waals surface area contributed by atoms with Crippen LogP contribution in [0.15, 0.2) is 34.1 Å². The van der Waals surface area contributed by atoms with Crippen LogP contribution in [0.4, 0.5) is 10.1 Å². The number of aromatic nitrogens is 1. The highest BCUT2D eigenvalue weighted by atomic mass is 19.1. The van der Waals surface area contributed by atoms with Gasteiger partial charge in [0.25, 0.3) is 5.56 Å². The minimum atomic E-state index is -0.535. The molecule has 1 aromatic heterocycles. The highest BCUT2D eigenvalue weighted by Crippen LogP contribution is 2.22. The van der Waals surface area contributed by atoms with Crippen molar-refractivity contribution in [3.63, 3.8) is 0 Å². The third-order valence-electron chi connectivity index (χ3n) is 3.48. The van der Waals surface area contributed by atoms with Crippen molar-refractivity contribution < 1.29 is 9.50 Å². The number of nitrogens with zero attached hydrogens (tertiary/aromatic N) is 3. The normalized spacial score (nSPS) is 10.9. The van der Waals surface area contributed by atoms with Gasteiger partial charge >= 0.3 is 0 Å². The van der Waals surface area contributed by atoms with Gasteiger partial charge in [-0.05, 0) is 31.0 Å². The van der Waals surface area contributed by atoms with Gasteiger partial charge < -0.3 is 5.11 Å². The topological polar surface area (TPSA) is 78.4 Å². The van der Waals surface area contributed by atoms with E-state index >= 15 is 0 Å². The maximum absolute atomic E-state index is 13.6. The fourth-order valence-electron chi connectivity index (χ4n) is 2.25. The van der Waals surface area contributed by atoms with Crippen LogP contribution < -0.4 is 5.56 Å². The van der Waals surface area contributed by atoms with Crippen LogP contribution in [0.1, 0.15) is 30.0 Å². The summed E-state index contributed by atoms with van der Waals surface area (Å²) in [6, 6.07) is 7.81. The molecule has 2 rings (SSSR count). The lowest BCUT2D eigenvalue weighted by atomic mass is 10.1. The lowest BCUT2D eigenvalue weighted by Gasteiger charge is -2.13. The molecule has 6 heteroatoms. The summed E-state index contributed by atoms with van der Waals surface area (Å²) in [6.45, 7) is 3.68. The molecule has 0 aliphatic rings. The van der Waals surface area contributed by atoms with Gasteiger partial charge in [-0.2, -0.15) is 5.26 Å². The molecule has 0 fully saturated rings. The summed E-state index contributed by atoms with van der Waals surface area (Å²) in [7, 11) is 0. The van der Waals surface area contributed by atoms with Gasteiger partial charge in [0.15, 0.2) is 0 Å². The summed E-state index contributed by atoms with van der Waals surface area (Å²) in [5.74, 6) is -0.767. The minimum Gasteiger partial charge on any atom is -0.494 e. The number of halogens is 1. The van der Waals surface area contributed by atoms with Crippen molar-refractivity contribution in [1.82, 2.24) is 4.57 Å². The Morgan fingerprint density at radius 2 is 2.13 bits per heavy atom. The molecule has 0 radical (unpaired) electrons. The number of rotatable bonds is 4. The van der Waals surface area contributed by atoms with Crippen LogP contribution in [0.2, 0.25) is 0 Å². The SMILES string of the molecule is CCCn1c(O)c(C=Nc2ccccc2F)c(C)c(C#N)c1=O. The molecule has 0 aliphatic carbocycles. The number of hydrogen-bond acceptors (Lipinski definition) is 4. The Morgan fingerprint density at radius 1 is 1.43 bits per heavy atom. The molecule has 1 N–H and O–H groups in total. The Bertz CT molecular complexity index is 863. The van der Waals surface area contributed by atoms with Crippen LogP contribution in [0, 0.1) is 24.1 Å². The summed E-state index contributed by atoms with van der Waals surface area (Å²) in [4.78, 5) is 16.2. The number of hydrogen-bond donors (Lipinski definition) is 1. The first-order valence-electron chi connectivity index (χ1n) is 7.16. The summed E-state index contributed by atoms with van der Waals surface area (Å²) in [5.41, 5.74) is 0.0805. The highest BCUT2D eigenvalue weighted by molar-refractivity contribution is 5.87. The smallest absolute Gasteiger partial charge is 0.271 e. The van der Waals surface area contributed by atoms with Crippen molar-refractivity contribution in [3.05, 3.63) is 57.1 Å². The minimum absolute atomic E-state index is 0.0498. The molecular weight excluding hydrogens is 297 g/mol. The molecule has 0 unspecified atom stereocenters. The Kier molecular flexibility index (Phi) is 4.91. The van der Waals surface area contributed by atoms with Gasteiger partial charge in [0.2, 0.25) is 5.88 Å². The van der Waals surface area contributed by atoms with E-state index in [-0.39, 0.29) is 29.2 Å². The van der Waals surface area contributed by atoms with Crippen molar-refractivity contribution in [3.8, 4) is 11.9 Å². The van der Waals surface area contributed by atoms with E-state index in [9.17, 15) is 19.6 Å². The third-order valence-corrected chi connectivity index (χ3v) is 3.48. The second-order valence-corrected chi connectivity index (χ2v) is 5.02. The average molecular weight is 313 g/mol. The van der Waals surface area contributed by atoms with E-state index in [2.05, 4.69) is 4.99 Å². The molecule has 0 saturated carbocycles. The second kappa shape index (κ2) is 6.88. The van der Waals surface area contributed by atoms with Gasteiger partial charge in [-0.15, -0.1) is 0 Å². The molecule has 0 atom stereocenters. The van der Waals surface area contributed by atoms with Crippen molar-refractivity contribution in [1.29, 1.82) is 5.26 Å². The van der Waals surface area contributed by atoms with E-state index in [1.807, 2.05) is 13.0 Å². The lowest BCUT2D eigenvalue weighted by molar-refractivity contribution is 0.403. The third kappa shape index (κ3) is 3.14. The maximum atomic E-state index is 13.6. The van der Waals surface area contributed by atoms with Gasteiger partial charge in [0.1, 0.15) is 17.4 Å². The van der Waals surface area contributed by atoms with Crippen molar-refractivity contribution in [2.24, 2.45) is 4.99 Å². The van der Waals surface area contributed by atoms with Crippen LogP contribution in [0.3, 0.4) is 0 Å². The number of para-hydroxylation sites is 1. The molecular formula is C17H16FN3O2. The summed E-state index contributed by atoms with van der Waals surface area (Å²) in [6.07, 6.45) is 1.89. The fourth-order valence-corrected chi connectivity index (χ4v) is 2.25. The van der Waals surface area contributed by atoms with Crippen LogP contribution in [0.25, 0.3) is 0 Å². The molecule has 0 aliphatic heterocycles. The van der Waals surface area contributed by atoms with Crippen LogP contribution in [-0.2, 0) is 6.54 Å². The van der Waals surface area contributed by atoms with E-state index in [4.69, 9.17) is 0 Å². The zero-order valence-electron chi connectivity index (χ0n) is 12.9. The molecule has 0 bridgehead atoms. The number of pyridine rings is 1. The first-order valence-corrected chi connectivity index (χ1v) is 7.16. The van der Waals surface area contributed by atoms with E-state index < -0.39 is 11.4 Å². The zero-order chi connectivity index (χ0) is 17.0. The fraction of sp³-hybridized carbons (Fsp3) is 0.235. The zero-order valence-corrected chi connectivity index (χ0v) is 12.9. The first-order chi connectivity index (χ1) is 11.0. The van der Waals surface area contributed by atoms with Crippen LogP contribution >= 0.6 is 0 Å². The lowest BCUT2D eigenvalue weighted by Crippen LogP contribution is -2.25. The van der Waals surface area contributed by atoms with Gasteiger partial charge in [-0.25, -0.2) is 4.39 Å². The predicted octanol–water partition coefficient (Wildman–Crippen LogP) is 3.03. The number of aliphatic imine (C=N–C) groups is 1.